The van der Waals surface area contributed by atoms with E-state index in [-0.39, 0.29) is 5.91 Å². The quantitative estimate of drug-likeness (QED) is 0.729. The molecule has 2 rings (SSSR count). The molecular formula is C10H15N7O. The van der Waals surface area contributed by atoms with Gasteiger partial charge in [0.25, 0.3) is 0 Å². The summed E-state index contributed by atoms with van der Waals surface area (Å²) < 4.78 is 3.18. The van der Waals surface area contributed by atoms with Crippen LogP contribution in [0.3, 0.4) is 0 Å². The van der Waals surface area contributed by atoms with Gasteiger partial charge in [0.1, 0.15) is 18.5 Å². The van der Waals surface area contributed by atoms with Crippen LogP contribution in [0.15, 0.2) is 18.9 Å². The molecule has 0 radical (unpaired) electrons. The Balaban J connectivity index is 1.76. The Hall–Kier alpha value is -2.38. The fourth-order valence-corrected chi connectivity index (χ4v) is 1.48. The van der Waals surface area contributed by atoms with Crippen molar-refractivity contribution in [3.05, 3.63) is 24.4 Å². The number of nitrogens with one attached hydrogen (secondary N) is 1. The van der Waals surface area contributed by atoms with Crippen LogP contribution in [-0.4, -0.2) is 30.5 Å². The topological polar surface area (TPSA) is 104 Å². The maximum Gasteiger partial charge on any atom is 0.222 e. The van der Waals surface area contributed by atoms with E-state index in [0.717, 1.165) is 5.56 Å². The average molecular weight is 249 g/mol. The number of nitrogens with zero attached hydrogens (tertiary/aromatic N) is 5. The molecule has 3 N–H and O–H groups in total. The van der Waals surface area contributed by atoms with Crippen molar-refractivity contribution in [2.45, 2.75) is 19.5 Å². The first-order valence-electron chi connectivity index (χ1n) is 5.52. The van der Waals surface area contributed by atoms with Gasteiger partial charge in [0, 0.05) is 25.6 Å². The molecule has 2 heterocycles. The Morgan fingerprint density at radius 2 is 2.33 bits per heavy atom. The van der Waals surface area contributed by atoms with E-state index in [2.05, 4.69) is 20.5 Å². The lowest BCUT2D eigenvalue weighted by molar-refractivity contribution is -0.121. The number of nitrogen functional groups attached to an aromatic ring is 1. The van der Waals surface area contributed by atoms with Crippen LogP contribution in [0, 0.1) is 0 Å². The van der Waals surface area contributed by atoms with Crippen molar-refractivity contribution in [3.8, 4) is 0 Å². The summed E-state index contributed by atoms with van der Waals surface area (Å²) in [6.07, 6.45) is 5.01. The van der Waals surface area contributed by atoms with E-state index in [1.54, 1.807) is 28.9 Å². The maximum absolute atomic E-state index is 11.6. The third-order valence-electron chi connectivity index (χ3n) is 2.57. The summed E-state index contributed by atoms with van der Waals surface area (Å²) in [4.78, 5) is 15.4. The molecule has 0 fully saturated rings. The molecule has 0 bridgehead atoms. The van der Waals surface area contributed by atoms with Crippen molar-refractivity contribution in [1.82, 2.24) is 29.9 Å². The SMILES string of the molecule is Cn1ncc(CNC(=O)CCn2cncn2)c1N. The first-order valence-corrected chi connectivity index (χ1v) is 5.52. The molecule has 8 nitrogen and oxygen atoms in total. The second-order valence-corrected chi connectivity index (χ2v) is 3.86. The standard InChI is InChI=1S/C10H15N7O/c1-16-10(11)8(5-14-16)4-13-9(18)2-3-17-7-12-6-15-17/h5-7H,2-4,11H2,1H3,(H,13,18). The van der Waals surface area contributed by atoms with Crippen LogP contribution in [0.5, 0.6) is 0 Å². The summed E-state index contributed by atoms with van der Waals surface area (Å²) in [6, 6.07) is 0. The molecule has 0 spiro atoms. The van der Waals surface area contributed by atoms with Gasteiger partial charge >= 0.3 is 0 Å². The second kappa shape index (κ2) is 5.30. The first-order chi connectivity index (χ1) is 8.66. The molecule has 0 aliphatic carbocycles. The first kappa shape index (κ1) is 12.1. The van der Waals surface area contributed by atoms with Crippen molar-refractivity contribution >= 4 is 11.7 Å². The number of amides is 1. The summed E-state index contributed by atoms with van der Waals surface area (Å²) >= 11 is 0. The number of anilines is 1. The second-order valence-electron chi connectivity index (χ2n) is 3.86. The van der Waals surface area contributed by atoms with Gasteiger partial charge in [-0.3, -0.25) is 14.2 Å². The molecule has 0 aromatic carbocycles. The summed E-state index contributed by atoms with van der Waals surface area (Å²) in [6.45, 7) is 0.893. The molecule has 0 aliphatic heterocycles. The van der Waals surface area contributed by atoms with Gasteiger partial charge in [-0.15, -0.1) is 0 Å². The number of rotatable bonds is 5. The highest BCUT2D eigenvalue weighted by molar-refractivity contribution is 5.75. The lowest BCUT2D eigenvalue weighted by Crippen LogP contribution is -2.24. The zero-order chi connectivity index (χ0) is 13.0. The molecule has 0 saturated carbocycles. The van der Waals surface area contributed by atoms with Gasteiger partial charge in [-0.2, -0.15) is 10.2 Å². The van der Waals surface area contributed by atoms with E-state index in [1.807, 2.05) is 0 Å². The van der Waals surface area contributed by atoms with Gasteiger partial charge in [-0.25, -0.2) is 4.98 Å². The Labute approximate surface area is 104 Å². The minimum absolute atomic E-state index is 0.0613. The highest BCUT2D eigenvalue weighted by Gasteiger charge is 2.07. The molecule has 18 heavy (non-hydrogen) atoms. The fraction of sp³-hybridized carbons (Fsp3) is 0.400. The van der Waals surface area contributed by atoms with Crippen LogP contribution in [0.25, 0.3) is 0 Å². The van der Waals surface area contributed by atoms with Gasteiger partial charge in [0.2, 0.25) is 5.91 Å². The third-order valence-corrected chi connectivity index (χ3v) is 2.57. The molecule has 2 aromatic rings. The van der Waals surface area contributed by atoms with E-state index in [4.69, 9.17) is 5.73 Å². The number of hydrogen-bond acceptors (Lipinski definition) is 5. The Bertz CT molecular complexity index is 516. The highest BCUT2D eigenvalue weighted by atomic mass is 16.1. The number of carbonyl (C=O) groups is 1. The number of aromatic nitrogens is 5. The van der Waals surface area contributed by atoms with Crippen LogP contribution < -0.4 is 11.1 Å². The van der Waals surface area contributed by atoms with Gasteiger partial charge in [0.15, 0.2) is 0 Å². The molecule has 0 aliphatic rings. The minimum atomic E-state index is -0.0613. The predicted octanol–water partition coefficient (Wildman–Crippen LogP) is -0.700. The Kier molecular flexibility index (Phi) is 3.56. The largest absolute Gasteiger partial charge is 0.384 e. The summed E-state index contributed by atoms with van der Waals surface area (Å²) in [5.74, 6) is 0.500. The molecule has 1 amide bonds. The molecule has 0 atom stereocenters. The van der Waals surface area contributed by atoms with E-state index < -0.39 is 0 Å². The van der Waals surface area contributed by atoms with Crippen LogP contribution in [0.2, 0.25) is 0 Å². The van der Waals surface area contributed by atoms with Gasteiger partial charge in [-0.05, 0) is 0 Å². The fourth-order valence-electron chi connectivity index (χ4n) is 1.48. The van der Waals surface area contributed by atoms with Crippen LogP contribution >= 0.6 is 0 Å². The molecule has 2 aromatic heterocycles. The summed E-state index contributed by atoms with van der Waals surface area (Å²) in [5.41, 5.74) is 6.58. The zero-order valence-electron chi connectivity index (χ0n) is 10.1. The van der Waals surface area contributed by atoms with E-state index in [1.165, 1.54) is 6.33 Å². The van der Waals surface area contributed by atoms with E-state index >= 15 is 0 Å². The maximum atomic E-state index is 11.6. The van der Waals surface area contributed by atoms with Crippen molar-refractivity contribution in [1.29, 1.82) is 0 Å². The molecule has 96 valence electrons. The van der Waals surface area contributed by atoms with E-state index in [9.17, 15) is 4.79 Å². The third kappa shape index (κ3) is 2.84. The average Bonchev–Trinajstić information content (AvgIpc) is 2.97. The normalized spacial score (nSPS) is 10.5. The number of aryl methyl sites for hydroxylation is 2. The number of hydrogen-bond donors (Lipinski definition) is 2. The monoisotopic (exact) mass is 249 g/mol. The molecule has 0 unspecified atom stereocenters. The van der Waals surface area contributed by atoms with Gasteiger partial charge in [0.05, 0.1) is 12.7 Å². The highest BCUT2D eigenvalue weighted by Crippen LogP contribution is 2.08. The van der Waals surface area contributed by atoms with Crippen LogP contribution in [-0.2, 0) is 24.9 Å². The zero-order valence-corrected chi connectivity index (χ0v) is 10.1. The van der Waals surface area contributed by atoms with Crippen molar-refractivity contribution in [2.75, 3.05) is 5.73 Å². The van der Waals surface area contributed by atoms with Crippen molar-refractivity contribution < 1.29 is 4.79 Å². The number of nitrogens with two attached hydrogens (primary N) is 1. The summed E-state index contributed by atoms with van der Waals surface area (Å²) in [7, 11) is 1.76. The molecule has 8 heteroatoms. The molecule has 0 saturated heterocycles. The van der Waals surface area contributed by atoms with Gasteiger partial charge < -0.3 is 11.1 Å². The number of carbonyl (C=O) groups excluding carboxylic acids is 1. The lowest BCUT2D eigenvalue weighted by Gasteiger charge is -2.04. The minimum Gasteiger partial charge on any atom is -0.384 e. The summed E-state index contributed by atoms with van der Waals surface area (Å²) in [5, 5.41) is 10.7. The molecular weight excluding hydrogens is 234 g/mol. The smallest absolute Gasteiger partial charge is 0.222 e. The van der Waals surface area contributed by atoms with E-state index in [0.29, 0.717) is 25.3 Å². The Morgan fingerprint density at radius 1 is 1.50 bits per heavy atom. The van der Waals surface area contributed by atoms with Crippen LogP contribution in [0.1, 0.15) is 12.0 Å². The van der Waals surface area contributed by atoms with Gasteiger partial charge in [-0.1, -0.05) is 0 Å². The van der Waals surface area contributed by atoms with Crippen LogP contribution in [0.4, 0.5) is 5.82 Å². The lowest BCUT2D eigenvalue weighted by atomic mass is 10.3. The van der Waals surface area contributed by atoms with Crippen molar-refractivity contribution in [2.24, 2.45) is 7.05 Å². The van der Waals surface area contributed by atoms with Crippen molar-refractivity contribution in [3.63, 3.8) is 0 Å². The predicted molar refractivity (Wildman–Crippen MR) is 64.1 cm³/mol. The Morgan fingerprint density at radius 3 is 2.94 bits per heavy atom.